The average molecular weight is 552 g/mol. The Hall–Kier alpha value is -2.76. The van der Waals surface area contributed by atoms with Crippen LogP contribution in [-0.2, 0) is 5.41 Å². The van der Waals surface area contributed by atoms with Crippen LogP contribution < -0.4 is 16.0 Å². The summed E-state index contributed by atoms with van der Waals surface area (Å²) in [7, 11) is 0. The van der Waals surface area contributed by atoms with E-state index in [1.807, 2.05) is 41.5 Å². The van der Waals surface area contributed by atoms with Crippen LogP contribution in [0.15, 0.2) is 6.20 Å². The molecular weight excluding hydrogens is 506 g/mol. The Balaban J connectivity index is 2.43. The third-order valence-electron chi connectivity index (χ3n) is 6.14. The lowest BCUT2D eigenvalue weighted by Gasteiger charge is -2.42. The van der Waals surface area contributed by atoms with E-state index in [0.29, 0.717) is 43.3 Å². The predicted molar refractivity (Wildman–Crippen MR) is 152 cm³/mol. The fourth-order valence-corrected chi connectivity index (χ4v) is 4.79. The van der Waals surface area contributed by atoms with Gasteiger partial charge in [0.15, 0.2) is 0 Å². The molecule has 1 aromatic heterocycles. The maximum absolute atomic E-state index is 14.1. The van der Waals surface area contributed by atoms with Crippen LogP contribution in [0.1, 0.15) is 70.6 Å². The molecule has 0 bridgehead atoms. The molecule has 1 aliphatic heterocycles. The summed E-state index contributed by atoms with van der Waals surface area (Å²) in [6.45, 7) is 13.8. The monoisotopic (exact) mass is 551 g/mol. The van der Waals surface area contributed by atoms with Gasteiger partial charge in [-0.05, 0) is 37.7 Å². The van der Waals surface area contributed by atoms with Crippen molar-refractivity contribution in [2.45, 2.75) is 71.9 Å². The topological polar surface area (TPSA) is 140 Å². The van der Waals surface area contributed by atoms with Crippen LogP contribution in [0.25, 0.3) is 0 Å². The maximum atomic E-state index is 14.1. The molecule has 2 rings (SSSR count). The van der Waals surface area contributed by atoms with E-state index in [1.54, 1.807) is 22.9 Å². The number of piperidine rings is 1. The molecule has 4 N–H and O–H groups in total. The van der Waals surface area contributed by atoms with E-state index in [-0.39, 0.29) is 36.4 Å². The first-order valence-corrected chi connectivity index (χ1v) is 14.7. The van der Waals surface area contributed by atoms with Crippen LogP contribution in [0.2, 0.25) is 0 Å². The number of rotatable bonds is 11. The fourth-order valence-electron chi connectivity index (χ4n) is 4.36. The van der Waals surface area contributed by atoms with E-state index in [9.17, 15) is 19.5 Å². The van der Waals surface area contributed by atoms with Crippen LogP contribution in [0.5, 0.6) is 0 Å². The first-order chi connectivity index (χ1) is 17.9. The molecule has 4 amide bonds. The normalized spacial score (nSPS) is 17.7. The summed E-state index contributed by atoms with van der Waals surface area (Å²) in [5, 5.41) is 18.7. The standard InChI is InChI=1S/C26H45N7O4S/c1-8-27-24(35)30-18-12-19(16-32(15-18)25(36)37)33(14-17(2)3)22(34)20-13-29-23(26(4,5)6)31-21(20)28-10-9-11-38-7/h13,17-19H,8-12,14-16H2,1-7H3,(H,36,37)(H2,27,30,35)(H,28,29,31)/t18-,19+/m1/s1. The Morgan fingerprint density at radius 3 is 2.55 bits per heavy atom. The molecule has 0 unspecified atom stereocenters. The summed E-state index contributed by atoms with van der Waals surface area (Å²) < 4.78 is 0. The van der Waals surface area contributed by atoms with Gasteiger partial charge in [0.05, 0.1) is 12.1 Å². The van der Waals surface area contributed by atoms with Gasteiger partial charge in [-0.2, -0.15) is 11.8 Å². The molecule has 0 aliphatic carbocycles. The highest BCUT2D eigenvalue weighted by Gasteiger charge is 2.37. The van der Waals surface area contributed by atoms with Gasteiger partial charge < -0.3 is 30.9 Å². The number of aromatic nitrogens is 2. The van der Waals surface area contributed by atoms with Crippen molar-refractivity contribution in [2.24, 2.45) is 5.92 Å². The molecule has 11 nitrogen and oxygen atoms in total. The largest absolute Gasteiger partial charge is 0.465 e. The molecule has 2 heterocycles. The number of carboxylic acid groups (broad SMARTS) is 1. The van der Waals surface area contributed by atoms with Crippen molar-refractivity contribution < 1.29 is 19.5 Å². The molecule has 0 aromatic carbocycles. The van der Waals surface area contributed by atoms with Crippen molar-refractivity contribution >= 4 is 35.6 Å². The molecule has 1 fully saturated rings. The first-order valence-electron chi connectivity index (χ1n) is 13.3. The quantitative estimate of drug-likeness (QED) is 0.307. The van der Waals surface area contributed by atoms with Gasteiger partial charge >= 0.3 is 12.1 Å². The van der Waals surface area contributed by atoms with Crippen LogP contribution in [-0.4, -0.2) is 99.7 Å². The van der Waals surface area contributed by atoms with E-state index in [0.717, 1.165) is 12.2 Å². The molecule has 0 spiro atoms. The highest BCUT2D eigenvalue weighted by molar-refractivity contribution is 7.98. The van der Waals surface area contributed by atoms with Crippen molar-refractivity contribution in [3.8, 4) is 0 Å². The Kier molecular flexibility index (Phi) is 11.9. The highest BCUT2D eigenvalue weighted by Crippen LogP contribution is 2.26. The summed E-state index contributed by atoms with van der Waals surface area (Å²) in [4.78, 5) is 50.5. The summed E-state index contributed by atoms with van der Waals surface area (Å²) in [6.07, 6.45) is 3.92. The Labute approximate surface area is 230 Å². The van der Waals surface area contributed by atoms with Crippen LogP contribution >= 0.6 is 11.8 Å². The number of amides is 4. The Morgan fingerprint density at radius 1 is 1.26 bits per heavy atom. The molecule has 1 aliphatic rings. The minimum absolute atomic E-state index is 0.140. The molecule has 38 heavy (non-hydrogen) atoms. The van der Waals surface area contributed by atoms with Gasteiger partial charge in [-0.15, -0.1) is 0 Å². The number of carbonyl (C=O) groups is 3. The lowest BCUT2D eigenvalue weighted by molar-refractivity contribution is 0.0459. The number of nitrogens with one attached hydrogen (secondary N) is 3. The third-order valence-corrected chi connectivity index (χ3v) is 6.84. The minimum Gasteiger partial charge on any atom is -0.465 e. The SMILES string of the molecule is CCNC(=O)N[C@@H]1C[C@H](N(CC(C)C)C(=O)c2cnc(C(C)(C)C)nc2NCCCSC)CN(C(=O)O)C1. The lowest BCUT2D eigenvalue weighted by Crippen LogP contribution is -2.60. The number of hydrogen-bond acceptors (Lipinski definition) is 7. The van der Waals surface area contributed by atoms with Crippen molar-refractivity contribution in [3.63, 3.8) is 0 Å². The van der Waals surface area contributed by atoms with Gasteiger partial charge in [0, 0.05) is 44.3 Å². The van der Waals surface area contributed by atoms with Gasteiger partial charge in [-0.1, -0.05) is 34.6 Å². The van der Waals surface area contributed by atoms with Crippen molar-refractivity contribution in [1.82, 2.24) is 30.4 Å². The van der Waals surface area contributed by atoms with E-state index >= 15 is 0 Å². The molecule has 0 saturated carbocycles. The number of nitrogens with zero attached hydrogens (tertiary/aromatic N) is 4. The van der Waals surface area contributed by atoms with Crippen LogP contribution in [0.3, 0.4) is 0 Å². The highest BCUT2D eigenvalue weighted by atomic mass is 32.2. The molecule has 1 aromatic rings. The second-order valence-corrected chi connectivity index (χ2v) is 12.1. The van der Waals surface area contributed by atoms with Gasteiger partial charge in [-0.3, -0.25) is 4.79 Å². The van der Waals surface area contributed by atoms with Crippen LogP contribution in [0, 0.1) is 5.92 Å². The number of carbonyl (C=O) groups excluding carboxylic acids is 2. The van der Waals surface area contributed by atoms with E-state index in [2.05, 4.69) is 27.2 Å². The van der Waals surface area contributed by atoms with Crippen molar-refractivity contribution in [2.75, 3.05) is 50.0 Å². The number of hydrogen-bond donors (Lipinski definition) is 4. The van der Waals surface area contributed by atoms with Crippen LogP contribution in [0.4, 0.5) is 15.4 Å². The molecule has 214 valence electrons. The van der Waals surface area contributed by atoms with Gasteiger partial charge in [0.2, 0.25) is 0 Å². The second-order valence-electron chi connectivity index (χ2n) is 11.1. The Bertz CT molecular complexity index is 954. The predicted octanol–water partition coefficient (Wildman–Crippen LogP) is 3.48. The summed E-state index contributed by atoms with van der Waals surface area (Å²) in [5.41, 5.74) is 0.0709. The number of anilines is 1. The van der Waals surface area contributed by atoms with Gasteiger partial charge in [-0.25, -0.2) is 19.6 Å². The summed E-state index contributed by atoms with van der Waals surface area (Å²) >= 11 is 1.76. The summed E-state index contributed by atoms with van der Waals surface area (Å²) in [6, 6.07) is -1.20. The minimum atomic E-state index is -1.08. The first kappa shape index (κ1) is 31.5. The molecule has 12 heteroatoms. The maximum Gasteiger partial charge on any atom is 0.407 e. The molecule has 1 saturated heterocycles. The van der Waals surface area contributed by atoms with E-state index in [1.165, 1.54) is 4.90 Å². The Morgan fingerprint density at radius 2 is 1.97 bits per heavy atom. The smallest absolute Gasteiger partial charge is 0.407 e. The van der Waals surface area contributed by atoms with Crippen molar-refractivity contribution in [1.29, 1.82) is 0 Å². The number of thioether (sulfide) groups is 1. The second kappa shape index (κ2) is 14.4. The molecule has 2 atom stereocenters. The zero-order valence-electron chi connectivity index (χ0n) is 23.8. The van der Waals surface area contributed by atoms with Crippen molar-refractivity contribution in [3.05, 3.63) is 17.6 Å². The van der Waals surface area contributed by atoms with Gasteiger partial charge in [0.1, 0.15) is 17.2 Å². The average Bonchev–Trinajstić information content (AvgIpc) is 2.84. The number of urea groups is 1. The van der Waals surface area contributed by atoms with Gasteiger partial charge in [0.25, 0.3) is 5.91 Å². The number of likely N-dealkylation sites (tertiary alicyclic amines) is 1. The fraction of sp³-hybridized carbons (Fsp3) is 0.731. The molecule has 0 radical (unpaired) electrons. The van der Waals surface area contributed by atoms with E-state index < -0.39 is 18.2 Å². The van der Waals surface area contributed by atoms with E-state index in [4.69, 9.17) is 4.98 Å². The third kappa shape index (κ3) is 9.21. The molecular formula is C26H45N7O4S. The zero-order chi connectivity index (χ0) is 28.5. The zero-order valence-corrected chi connectivity index (χ0v) is 24.7. The lowest BCUT2D eigenvalue weighted by atomic mass is 9.95. The summed E-state index contributed by atoms with van der Waals surface area (Å²) in [5.74, 6) is 2.01.